The molecule has 4 fully saturated rings. The fourth-order valence-electron chi connectivity index (χ4n) is 9.92. The van der Waals surface area contributed by atoms with Gasteiger partial charge in [0.25, 0.3) is 0 Å². The van der Waals surface area contributed by atoms with E-state index in [0.29, 0.717) is 64.6 Å². The van der Waals surface area contributed by atoms with Crippen LogP contribution in [0.5, 0.6) is 0 Å². The van der Waals surface area contributed by atoms with Crippen LogP contribution in [0.1, 0.15) is 153 Å². The van der Waals surface area contributed by atoms with Gasteiger partial charge in [-0.3, -0.25) is 24.0 Å². The van der Waals surface area contributed by atoms with Gasteiger partial charge in [0, 0.05) is 83.5 Å². The molecule has 522 valence electrons. The van der Waals surface area contributed by atoms with Crippen molar-refractivity contribution in [3.63, 3.8) is 0 Å². The predicted octanol–water partition coefficient (Wildman–Crippen LogP) is -0.810. The van der Waals surface area contributed by atoms with Crippen LogP contribution in [0.4, 0.5) is 0 Å². The van der Waals surface area contributed by atoms with Crippen LogP contribution in [0, 0.1) is 35.5 Å². The summed E-state index contributed by atoms with van der Waals surface area (Å²) in [7, 11) is 4.28. The van der Waals surface area contributed by atoms with Gasteiger partial charge in [0.1, 0.15) is 18.8 Å². The molecule has 2 saturated heterocycles. The Hall–Kier alpha value is -3.27. The maximum Gasteiger partial charge on any atom is 1.00 e. The molecule has 4 rings (SSSR count). The maximum absolute atomic E-state index is 12.1. The number of aliphatic hydroxyl groups is 6. The number of methoxy groups -OCH3 is 3. The first-order chi connectivity index (χ1) is 42.2. The Bertz CT molecular complexity index is 1910. The van der Waals surface area contributed by atoms with Crippen molar-refractivity contribution in [2.24, 2.45) is 35.5 Å². The zero-order chi connectivity index (χ0) is 67.9. The summed E-state index contributed by atoms with van der Waals surface area (Å²) < 4.78 is 68.7. The maximum atomic E-state index is 12.1. The molecule has 90 heavy (non-hydrogen) atoms. The number of carbonyl (C=O) groups excluding carboxylic acids is 6. The molecule has 28 nitrogen and oxygen atoms in total. The van der Waals surface area contributed by atoms with Crippen LogP contribution in [0.3, 0.4) is 0 Å². The number of carboxylic acids is 2. The molecule has 20 atom stereocenters. The van der Waals surface area contributed by atoms with Gasteiger partial charge in [0.05, 0.1) is 107 Å². The van der Waals surface area contributed by atoms with Crippen molar-refractivity contribution in [2.45, 2.75) is 239 Å². The number of esters is 5. The largest absolute Gasteiger partial charge is 1.00 e. The van der Waals surface area contributed by atoms with Gasteiger partial charge in [-0.05, 0) is 50.9 Å². The Morgan fingerprint density at radius 2 is 0.944 bits per heavy atom. The quantitative estimate of drug-likeness (QED) is 0.0200. The van der Waals surface area contributed by atoms with Crippen molar-refractivity contribution >= 4 is 41.8 Å². The summed E-state index contributed by atoms with van der Waals surface area (Å²) in [6, 6.07) is 0. The number of unbranched alkanes of at least 4 members (excludes halogenated alkanes) is 1. The number of rotatable bonds is 30. The summed E-state index contributed by atoms with van der Waals surface area (Å²) in [5, 5.41) is 79.2. The summed E-state index contributed by atoms with van der Waals surface area (Å²) in [5.41, 5.74) is 0. The molecule has 4 aliphatic rings. The van der Waals surface area contributed by atoms with Crippen molar-refractivity contribution in [1.82, 2.24) is 0 Å². The van der Waals surface area contributed by atoms with E-state index in [9.17, 15) is 59.1 Å². The zero-order valence-corrected chi connectivity index (χ0v) is 57.9. The van der Waals surface area contributed by atoms with Gasteiger partial charge in [-0.1, -0.05) is 75.7 Å². The van der Waals surface area contributed by atoms with Crippen molar-refractivity contribution in [2.75, 3.05) is 74.2 Å². The molecule has 0 aromatic rings. The average Bonchev–Trinajstić information content (AvgIpc) is 2.16. The number of aliphatic carboxylic acids is 2. The Balaban J connectivity index is 0. The Kier molecular flexibility index (Phi) is 49.5. The summed E-state index contributed by atoms with van der Waals surface area (Å²) in [6.45, 7) is 19.5. The van der Waals surface area contributed by atoms with Crippen LogP contribution in [0.15, 0.2) is 0 Å². The second kappa shape index (κ2) is 50.2. The van der Waals surface area contributed by atoms with Crippen LogP contribution >= 0.6 is 0 Å². The minimum atomic E-state index is -1.39. The van der Waals surface area contributed by atoms with E-state index in [0.717, 1.165) is 25.7 Å². The molecule has 2 saturated carbocycles. The SMILES string of the molecule is CCCC(=O)OCC1C[C@@H](OC)C(C)[C@@H](O)[C@@H]1O[C@@H]1C[C@@H](COC(=O)CCC)[C@@H](C)C(O)C1OC(C)=O.CCCCOC(=O)CCC.CCCOC(=O)CC.CO[C@@H]1OC(CO)[C@@H](C)[C@H](O)C1OCC(=O)O.CO[C@@H]1OC(CO)[C@@H](C)[C@H](O)C1OCC(=O)[O-].[Na+]. The van der Waals surface area contributed by atoms with E-state index in [1.807, 2.05) is 41.5 Å². The second-order valence-corrected chi connectivity index (χ2v) is 22.4. The topological polar surface area (TPSA) is 404 Å². The standard InChI is InChI=1S/C27H46O10.2C10H18O7.C8H16O2.C6H12O2.Na/c1-7-9-22(29)34-13-18-11-21(27(36-17(5)28)24(31)15(18)3)37-26-19(14-35-23(30)10-8-2)12-20(33-6)16(4)25(26)32;2*1-5-6(3-11)17-10(15-2)9(8(5)14)16-4-7(12)13;1-3-5-7-10-8(9)6-4-2;1-3-5-8-6(7)4-2;/h15-16,18-21,24-27,31-32H,7-14H2,1-6H3;2*5-6,8-11,14H,3-4H2,1-2H3,(H,12,13);3-7H2,1-2H3;3-5H2,1-2H3;/q;;;;;+1/p-1/t15-,16?,18+,19?,20-,21-,24?,25-,26-,27?;2*5-,6?,8+,9?,10-;;;/m111.../s1. The third-order valence-corrected chi connectivity index (χ3v) is 15.4. The first-order valence-corrected chi connectivity index (χ1v) is 31.1. The van der Waals surface area contributed by atoms with Crippen LogP contribution < -0.4 is 34.7 Å². The van der Waals surface area contributed by atoms with Crippen LogP contribution in [-0.4, -0.2) is 238 Å². The number of carboxylic acid groups (broad SMARTS) is 2. The molecule has 2 aliphatic carbocycles. The van der Waals surface area contributed by atoms with Gasteiger partial charge in [0.15, 0.2) is 18.7 Å². The van der Waals surface area contributed by atoms with E-state index in [1.54, 1.807) is 27.9 Å². The van der Waals surface area contributed by atoms with Gasteiger partial charge >= 0.3 is 65.4 Å². The minimum absolute atomic E-state index is 0. The van der Waals surface area contributed by atoms with Crippen molar-refractivity contribution in [3.8, 4) is 0 Å². The van der Waals surface area contributed by atoms with Crippen molar-refractivity contribution in [1.29, 1.82) is 0 Å². The number of ether oxygens (including phenoxy) is 13. The summed E-state index contributed by atoms with van der Waals surface area (Å²) in [6.07, 6.45) is -3.69. The minimum Gasteiger partial charge on any atom is -0.548 e. The van der Waals surface area contributed by atoms with Gasteiger partial charge in [-0.25, -0.2) is 4.79 Å². The van der Waals surface area contributed by atoms with Gasteiger partial charge in [-0.2, -0.15) is 0 Å². The first kappa shape index (κ1) is 88.8. The van der Waals surface area contributed by atoms with Crippen molar-refractivity contribution < 1.29 is 166 Å². The Morgan fingerprint density at radius 3 is 1.34 bits per heavy atom. The molecular weight excluding hydrogens is 1200 g/mol. The van der Waals surface area contributed by atoms with Crippen LogP contribution in [0.25, 0.3) is 0 Å². The van der Waals surface area contributed by atoms with Crippen molar-refractivity contribution in [3.05, 3.63) is 0 Å². The molecule has 0 spiro atoms. The summed E-state index contributed by atoms with van der Waals surface area (Å²) in [5.74, 6) is -5.82. The summed E-state index contributed by atoms with van der Waals surface area (Å²) in [4.78, 5) is 77.7. The van der Waals surface area contributed by atoms with Crippen LogP contribution in [0.2, 0.25) is 0 Å². The molecule has 0 aromatic heterocycles. The number of carbonyl (C=O) groups is 7. The molecule has 2 heterocycles. The zero-order valence-electron chi connectivity index (χ0n) is 55.9. The molecule has 0 aromatic carbocycles. The van der Waals surface area contributed by atoms with E-state index in [-0.39, 0.29) is 116 Å². The average molecular weight is 1310 g/mol. The fraction of sp³-hybridized carbons (Fsp3) is 0.885. The number of hydrogen-bond donors (Lipinski definition) is 7. The Labute approximate surface area is 553 Å². The van der Waals surface area contributed by atoms with E-state index in [1.165, 1.54) is 21.1 Å². The summed E-state index contributed by atoms with van der Waals surface area (Å²) >= 11 is 0. The smallest absolute Gasteiger partial charge is 0.548 e. The molecule has 8 unspecified atom stereocenters. The molecule has 7 N–H and O–H groups in total. The molecule has 0 amide bonds. The second-order valence-electron chi connectivity index (χ2n) is 22.4. The molecule has 29 heteroatoms. The number of aliphatic hydroxyl groups excluding tert-OH is 6. The monoisotopic (exact) mass is 1310 g/mol. The molecular formula is C61H109NaO28. The van der Waals surface area contributed by atoms with Gasteiger partial charge in [-0.15, -0.1) is 0 Å². The number of hydrogen-bond acceptors (Lipinski definition) is 27. The van der Waals surface area contributed by atoms with E-state index >= 15 is 0 Å². The molecule has 0 radical (unpaired) electrons. The third kappa shape index (κ3) is 32.7. The van der Waals surface area contributed by atoms with E-state index in [4.69, 9.17) is 76.9 Å². The molecule has 0 bridgehead atoms. The normalized spacial score (nSPS) is 31.0. The van der Waals surface area contributed by atoms with Gasteiger partial charge in [0.2, 0.25) is 0 Å². The Morgan fingerprint density at radius 1 is 0.511 bits per heavy atom. The van der Waals surface area contributed by atoms with Crippen LogP contribution in [-0.2, 0) is 95.1 Å². The van der Waals surface area contributed by atoms with E-state index < -0.39 is 117 Å². The fourth-order valence-corrected chi connectivity index (χ4v) is 9.92. The third-order valence-electron chi connectivity index (χ3n) is 15.4. The van der Waals surface area contributed by atoms with E-state index in [2.05, 4.69) is 6.92 Å². The predicted molar refractivity (Wildman–Crippen MR) is 314 cm³/mol. The molecule has 2 aliphatic heterocycles. The first-order valence-electron chi connectivity index (χ1n) is 31.1. The van der Waals surface area contributed by atoms with Gasteiger partial charge < -0.3 is 107 Å².